The fraction of sp³-hybridized carbons (Fsp3) is 0.556. The predicted molar refractivity (Wildman–Crippen MR) is 89.1 cm³/mol. The molecule has 0 amide bonds. The van der Waals surface area contributed by atoms with E-state index in [1.165, 1.54) is 6.92 Å². The van der Waals surface area contributed by atoms with E-state index in [-0.39, 0.29) is 11.9 Å². The molecule has 0 bridgehead atoms. The zero-order valence-electron chi connectivity index (χ0n) is 14.9. The number of esters is 2. The molecule has 0 fully saturated rings. The number of rotatable bonds is 6. The van der Waals surface area contributed by atoms with E-state index < -0.39 is 11.6 Å². The second-order valence-corrected chi connectivity index (χ2v) is 6.69. The van der Waals surface area contributed by atoms with Crippen molar-refractivity contribution in [2.45, 2.75) is 45.8 Å². The summed E-state index contributed by atoms with van der Waals surface area (Å²) in [5.41, 5.74) is 1.30. The van der Waals surface area contributed by atoms with Gasteiger partial charge in [0.25, 0.3) is 0 Å². The van der Waals surface area contributed by atoms with Crippen LogP contribution in [0.2, 0.25) is 0 Å². The lowest BCUT2D eigenvalue weighted by atomic mass is 9.97. The molecule has 5 heteroatoms. The van der Waals surface area contributed by atoms with Gasteiger partial charge in [0, 0.05) is 13.3 Å². The van der Waals surface area contributed by atoms with Gasteiger partial charge in [-0.25, -0.2) is 4.79 Å². The van der Waals surface area contributed by atoms with Crippen molar-refractivity contribution < 1.29 is 19.1 Å². The van der Waals surface area contributed by atoms with Crippen LogP contribution < -0.4 is 0 Å². The molecular formula is C18H27NO4. The number of likely N-dealkylation sites (N-methyl/N-ethyl adjacent to an activating group) is 1. The summed E-state index contributed by atoms with van der Waals surface area (Å²) in [4.78, 5) is 25.3. The largest absolute Gasteiger partial charge is 0.466 e. The van der Waals surface area contributed by atoms with Crippen molar-refractivity contribution in [3.05, 3.63) is 35.4 Å². The van der Waals surface area contributed by atoms with Crippen LogP contribution in [0.15, 0.2) is 24.3 Å². The minimum atomic E-state index is -0.544. The molecule has 0 N–H and O–H groups in total. The van der Waals surface area contributed by atoms with Gasteiger partial charge in [-0.1, -0.05) is 24.3 Å². The molecule has 5 nitrogen and oxygen atoms in total. The molecule has 1 rings (SSSR count). The van der Waals surface area contributed by atoms with Gasteiger partial charge in [-0.3, -0.25) is 9.69 Å². The Morgan fingerprint density at radius 2 is 1.78 bits per heavy atom. The van der Waals surface area contributed by atoms with Gasteiger partial charge in [0.2, 0.25) is 0 Å². The lowest BCUT2D eigenvalue weighted by Crippen LogP contribution is -2.35. The van der Waals surface area contributed by atoms with E-state index in [2.05, 4.69) is 0 Å². The molecule has 0 aliphatic heterocycles. The highest BCUT2D eigenvalue weighted by atomic mass is 16.6. The summed E-state index contributed by atoms with van der Waals surface area (Å²) < 4.78 is 10.6. The van der Waals surface area contributed by atoms with E-state index in [1.54, 1.807) is 0 Å². The van der Waals surface area contributed by atoms with E-state index >= 15 is 0 Å². The quantitative estimate of drug-likeness (QED) is 0.754. The second-order valence-electron chi connectivity index (χ2n) is 6.69. The molecule has 0 unspecified atom stereocenters. The van der Waals surface area contributed by atoms with Gasteiger partial charge in [-0.2, -0.15) is 0 Å². The Labute approximate surface area is 138 Å². The van der Waals surface area contributed by atoms with Gasteiger partial charge < -0.3 is 9.47 Å². The van der Waals surface area contributed by atoms with Crippen LogP contribution >= 0.6 is 0 Å². The molecule has 128 valence electrons. The average molecular weight is 321 g/mol. The van der Waals surface area contributed by atoms with Crippen molar-refractivity contribution in [2.75, 3.05) is 20.7 Å². The van der Waals surface area contributed by atoms with Crippen LogP contribution in [0.25, 0.3) is 0 Å². The van der Waals surface area contributed by atoms with Crippen LogP contribution in [-0.4, -0.2) is 43.1 Å². The molecule has 0 saturated carbocycles. The summed E-state index contributed by atoms with van der Waals surface area (Å²) in [6, 6.07) is 7.17. The average Bonchev–Trinajstić information content (AvgIpc) is 2.37. The summed E-state index contributed by atoms with van der Waals surface area (Å²) in [5.74, 6) is -0.596. The summed E-state index contributed by atoms with van der Waals surface area (Å²) in [5, 5.41) is 0. The van der Waals surface area contributed by atoms with Gasteiger partial charge in [0.05, 0.1) is 6.61 Å². The Morgan fingerprint density at radius 3 is 2.30 bits per heavy atom. The van der Waals surface area contributed by atoms with E-state index in [9.17, 15) is 9.59 Å². The standard InChI is InChI=1S/C18H27NO4/c1-13(20)22-12-11-14-9-7-8-10-15(14)16(19(5)6)17(21)23-18(2,3)4/h7-10,16H,11-12H2,1-6H3/t16-/m1/s1. The molecule has 0 spiro atoms. The zero-order chi connectivity index (χ0) is 17.6. The van der Waals surface area contributed by atoms with Crippen molar-refractivity contribution in [3.8, 4) is 0 Å². The molecule has 0 aliphatic rings. The minimum absolute atomic E-state index is 0.289. The lowest BCUT2D eigenvalue weighted by Gasteiger charge is -2.29. The number of benzene rings is 1. The summed E-state index contributed by atoms with van der Waals surface area (Å²) in [6.45, 7) is 7.23. The molecular weight excluding hydrogens is 294 g/mol. The van der Waals surface area contributed by atoms with Crippen LogP contribution in [0.3, 0.4) is 0 Å². The van der Waals surface area contributed by atoms with E-state index in [0.717, 1.165) is 11.1 Å². The van der Waals surface area contributed by atoms with Crippen LogP contribution in [0.5, 0.6) is 0 Å². The van der Waals surface area contributed by atoms with Gasteiger partial charge >= 0.3 is 11.9 Å². The predicted octanol–water partition coefficient (Wildman–Crippen LogP) is 2.74. The smallest absolute Gasteiger partial charge is 0.328 e. The molecule has 0 radical (unpaired) electrons. The lowest BCUT2D eigenvalue weighted by molar-refractivity contribution is -0.160. The Balaban J connectivity index is 3.03. The van der Waals surface area contributed by atoms with E-state index in [1.807, 2.05) is 64.0 Å². The highest BCUT2D eigenvalue weighted by Crippen LogP contribution is 2.26. The van der Waals surface area contributed by atoms with Crippen LogP contribution in [0.1, 0.15) is 44.9 Å². The first-order chi connectivity index (χ1) is 10.6. The molecule has 1 aromatic rings. The van der Waals surface area contributed by atoms with Crippen molar-refractivity contribution >= 4 is 11.9 Å². The van der Waals surface area contributed by atoms with Gasteiger partial charge in [0.1, 0.15) is 11.6 Å². The zero-order valence-corrected chi connectivity index (χ0v) is 14.9. The Morgan fingerprint density at radius 1 is 1.17 bits per heavy atom. The Kier molecular flexibility index (Phi) is 6.76. The van der Waals surface area contributed by atoms with Crippen molar-refractivity contribution in [1.82, 2.24) is 4.90 Å². The first-order valence-electron chi connectivity index (χ1n) is 7.72. The van der Waals surface area contributed by atoms with Gasteiger partial charge in [-0.15, -0.1) is 0 Å². The second kappa shape index (κ2) is 8.11. The highest BCUT2D eigenvalue weighted by molar-refractivity contribution is 5.78. The van der Waals surface area contributed by atoms with Crippen LogP contribution in [0, 0.1) is 0 Å². The first-order valence-corrected chi connectivity index (χ1v) is 7.72. The first kappa shape index (κ1) is 19.2. The molecule has 1 aromatic carbocycles. The SMILES string of the molecule is CC(=O)OCCc1ccccc1[C@H](C(=O)OC(C)(C)C)N(C)C. The number of carbonyl (C=O) groups excluding carboxylic acids is 2. The highest BCUT2D eigenvalue weighted by Gasteiger charge is 2.29. The summed E-state index contributed by atoms with van der Waals surface area (Å²) >= 11 is 0. The summed E-state index contributed by atoms with van der Waals surface area (Å²) in [6.07, 6.45) is 0.558. The number of nitrogens with zero attached hydrogens (tertiary/aromatic N) is 1. The topological polar surface area (TPSA) is 55.8 Å². The maximum Gasteiger partial charge on any atom is 0.328 e. The fourth-order valence-corrected chi connectivity index (χ4v) is 2.31. The third-order valence-corrected chi connectivity index (χ3v) is 3.17. The molecule has 0 aromatic heterocycles. The number of ether oxygens (including phenoxy) is 2. The van der Waals surface area contributed by atoms with Gasteiger partial charge in [0.15, 0.2) is 0 Å². The third-order valence-electron chi connectivity index (χ3n) is 3.17. The van der Waals surface area contributed by atoms with Crippen molar-refractivity contribution in [1.29, 1.82) is 0 Å². The molecule has 1 atom stereocenters. The maximum absolute atomic E-state index is 12.6. The monoisotopic (exact) mass is 321 g/mol. The van der Waals surface area contributed by atoms with Crippen LogP contribution in [-0.2, 0) is 25.5 Å². The number of hydrogen-bond donors (Lipinski definition) is 0. The molecule has 23 heavy (non-hydrogen) atoms. The number of carbonyl (C=O) groups is 2. The summed E-state index contributed by atoms with van der Waals surface area (Å²) in [7, 11) is 3.69. The molecule has 0 heterocycles. The van der Waals surface area contributed by atoms with E-state index in [0.29, 0.717) is 13.0 Å². The number of hydrogen-bond acceptors (Lipinski definition) is 5. The Hall–Kier alpha value is -1.88. The van der Waals surface area contributed by atoms with Crippen LogP contribution in [0.4, 0.5) is 0 Å². The van der Waals surface area contributed by atoms with Crippen molar-refractivity contribution in [3.63, 3.8) is 0 Å². The molecule has 0 aliphatic carbocycles. The normalized spacial score (nSPS) is 12.8. The van der Waals surface area contributed by atoms with Gasteiger partial charge in [-0.05, 0) is 46.0 Å². The minimum Gasteiger partial charge on any atom is -0.466 e. The van der Waals surface area contributed by atoms with Crippen molar-refractivity contribution in [2.24, 2.45) is 0 Å². The van der Waals surface area contributed by atoms with E-state index in [4.69, 9.17) is 9.47 Å². The Bertz CT molecular complexity index is 546. The third kappa shape index (κ3) is 6.40. The fourth-order valence-electron chi connectivity index (χ4n) is 2.31. The maximum atomic E-state index is 12.6. The molecule has 0 saturated heterocycles.